The Morgan fingerprint density at radius 3 is 2.33 bits per heavy atom. The summed E-state index contributed by atoms with van der Waals surface area (Å²) in [5.41, 5.74) is 6.41. The molecule has 0 spiro atoms. The van der Waals surface area contributed by atoms with Crippen molar-refractivity contribution in [3.63, 3.8) is 0 Å². The average molecular weight is 378 g/mol. The molecule has 3 aromatic carbocycles. The third kappa shape index (κ3) is 5.26. The number of benzene rings is 3. The minimum absolute atomic E-state index is 0.0171. The van der Waals surface area contributed by atoms with Crippen LogP contribution in [0, 0.1) is 0 Å². The van der Waals surface area contributed by atoms with Crippen LogP contribution in [0.3, 0.4) is 0 Å². The summed E-state index contributed by atoms with van der Waals surface area (Å²) >= 11 is 5.04. The first-order valence-electron chi connectivity index (χ1n) is 8.30. The van der Waals surface area contributed by atoms with Crippen LogP contribution in [0.5, 0.6) is 0 Å². The molecule has 0 unspecified atom stereocenters. The van der Waals surface area contributed by atoms with Crippen molar-refractivity contribution in [3.05, 3.63) is 78.4 Å². The normalized spacial score (nSPS) is 10.1. The molecule has 0 saturated carbocycles. The van der Waals surface area contributed by atoms with E-state index < -0.39 is 6.03 Å². The number of carbonyl (C=O) groups is 2. The van der Waals surface area contributed by atoms with Crippen LogP contribution in [0.15, 0.2) is 72.8 Å². The molecule has 0 aliphatic carbocycles. The fourth-order valence-corrected chi connectivity index (χ4v) is 2.78. The zero-order valence-electron chi connectivity index (χ0n) is 14.4. The quantitative estimate of drug-likeness (QED) is 0.417. The topological polar surface area (TPSA) is 82.3 Å². The molecule has 0 aliphatic heterocycles. The summed E-state index contributed by atoms with van der Waals surface area (Å²) in [5, 5.41) is 7.29. The van der Waals surface area contributed by atoms with E-state index in [-0.39, 0.29) is 17.4 Å². The maximum absolute atomic E-state index is 12.2. The van der Waals surface area contributed by atoms with Gasteiger partial charge in [0, 0.05) is 5.69 Å². The fraction of sp³-hybridized carbons (Fsp3) is 0.0500. The van der Waals surface area contributed by atoms with Gasteiger partial charge in [0.25, 0.3) is 0 Å². The molecule has 3 rings (SSSR count). The van der Waals surface area contributed by atoms with Gasteiger partial charge in [-0.05, 0) is 40.7 Å². The van der Waals surface area contributed by atoms with Gasteiger partial charge in [-0.2, -0.15) is 0 Å². The van der Waals surface area contributed by atoms with Crippen molar-refractivity contribution < 1.29 is 9.59 Å². The summed E-state index contributed by atoms with van der Waals surface area (Å²) in [6.45, 7) is 0. The molecule has 0 radical (unpaired) electrons. The number of nitrogens with one attached hydrogen (secondary N) is 4. The molecule has 0 aliphatic rings. The van der Waals surface area contributed by atoms with Crippen LogP contribution >= 0.6 is 12.2 Å². The first-order valence-corrected chi connectivity index (χ1v) is 8.71. The highest BCUT2D eigenvalue weighted by Crippen LogP contribution is 2.18. The molecule has 136 valence electrons. The molecule has 7 heteroatoms. The molecule has 3 amide bonds. The number of hydrogen-bond acceptors (Lipinski definition) is 3. The van der Waals surface area contributed by atoms with Gasteiger partial charge in [0.05, 0.1) is 6.42 Å². The van der Waals surface area contributed by atoms with E-state index >= 15 is 0 Å². The lowest BCUT2D eigenvalue weighted by atomic mass is 10.0. The molecule has 0 saturated heterocycles. The molecular formula is C20H18N4O2S. The van der Waals surface area contributed by atoms with Gasteiger partial charge in [0.1, 0.15) is 0 Å². The van der Waals surface area contributed by atoms with Crippen molar-refractivity contribution in [1.82, 2.24) is 16.2 Å². The third-order valence-corrected chi connectivity index (χ3v) is 4.01. The number of anilines is 1. The third-order valence-electron chi connectivity index (χ3n) is 3.81. The monoisotopic (exact) mass is 378 g/mol. The highest BCUT2D eigenvalue weighted by atomic mass is 32.1. The Bertz CT molecular complexity index is 971. The molecule has 3 aromatic rings. The molecule has 0 heterocycles. The summed E-state index contributed by atoms with van der Waals surface area (Å²) in [7, 11) is 0. The summed E-state index contributed by atoms with van der Waals surface area (Å²) in [5.74, 6) is -0.269. The Morgan fingerprint density at radius 1 is 0.815 bits per heavy atom. The van der Waals surface area contributed by atoms with Crippen LogP contribution in [0.2, 0.25) is 0 Å². The van der Waals surface area contributed by atoms with Crippen molar-refractivity contribution in [3.8, 4) is 0 Å². The van der Waals surface area contributed by atoms with Gasteiger partial charge in [-0.3, -0.25) is 10.2 Å². The lowest BCUT2D eigenvalue weighted by Crippen LogP contribution is -2.50. The van der Waals surface area contributed by atoms with Gasteiger partial charge in [-0.15, -0.1) is 0 Å². The second-order valence-corrected chi connectivity index (χ2v) is 6.17. The Balaban J connectivity index is 1.49. The number of carbonyl (C=O) groups excluding carboxylic acids is 2. The van der Waals surface area contributed by atoms with Gasteiger partial charge in [-0.25, -0.2) is 10.2 Å². The second-order valence-electron chi connectivity index (χ2n) is 5.76. The van der Waals surface area contributed by atoms with E-state index in [0.29, 0.717) is 5.69 Å². The number of fused-ring (bicyclic) bond motifs is 1. The van der Waals surface area contributed by atoms with Crippen molar-refractivity contribution in [2.75, 3.05) is 5.32 Å². The summed E-state index contributed by atoms with van der Waals surface area (Å²) in [6, 6.07) is 22.2. The Hall–Kier alpha value is -3.45. The lowest BCUT2D eigenvalue weighted by Gasteiger charge is -2.12. The molecule has 0 fully saturated rings. The first kappa shape index (κ1) is 18.3. The summed E-state index contributed by atoms with van der Waals surface area (Å²) < 4.78 is 0. The van der Waals surface area contributed by atoms with Gasteiger partial charge < -0.3 is 10.6 Å². The molecule has 0 aromatic heterocycles. The Morgan fingerprint density at radius 2 is 1.52 bits per heavy atom. The molecule has 0 atom stereocenters. The van der Waals surface area contributed by atoms with E-state index in [2.05, 4.69) is 21.5 Å². The molecular weight excluding hydrogens is 360 g/mol. The van der Waals surface area contributed by atoms with E-state index in [1.54, 1.807) is 24.3 Å². The summed E-state index contributed by atoms with van der Waals surface area (Å²) in [4.78, 5) is 24.0. The molecule has 4 N–H and O–H groups in total. The second kappa shape index (κ2) is 8.77. The number of hydrazine groups is 1. The van der Waals surface area contributed by atoms with E-state index in [4.69, 9.17) is 12.2 Å². The lowest BCUT2D eigenvalue weighted by molar-refractivity contribution is -0.119. The predicted molar refractivity (Wildman–Crippen MR) is 110 cm³/mol. The first-order chi connectivity index (χ1) is 13.1. The molecule has 0 bridgehead atoms. The maximum atomic E-state index is 12.2. The van der Waals surface area contributed by atoms with E-state index in [1.165, 1.54) is 0 Å². The van der Waals surface area contributed by atoms with Crippen LogP contribution < -0.4 is 21.5 Å². The standard InChI is InChI=1S/C20H18N4O2S/c25-18(13-15-9-6-8-14-7-4-5-12-17(14)15)22-20(27)24-23-19(26)21-16-10-2-1-3-11-16/h1-12H,13H2,(H2,21,23,26)(H2,22,24,25,27). The van der Waals surface area contributed by atoms with Crippen molar-refractivity contribution >= 4 is 45.7 Å². The number of urea groups is 1. The van der Waals surface area contributed by atoms with Crippen molar-refractivity contribution in [1.29, 1.82) is 0 Å². The predicted octanol–water partition coefficient (Wildman–Crippen LogP) is 3.11. The van der Waals surface area contributed by atoms with Gasteiger partial charge in [0.15, 0.2) is 5.11 Å². The highest BCUT2D eigenvalue weighted by Gasteiger charge is 2.09. The highest BCUT2D eigenvalue weighted by molar-refractivity contribution is 7.80. The minimum Gasteiger partial charge on any atom is -0.307 e. The summed E-state index contributed by atoms with van der Waals surface area (Å²) in [6.07, 6.45) is 0.180. The van der Waals surface area contributed by atoms with Crippen molar-refractivity contribution in [2.45, 2.75) is 6.42 Å². The van der Waals surface area contributed by atoms with Crippen LogP contribution in [-0.4, -0.2) is 17.1 Å². The Labute approximate surface area is 161 Å². The Kier molecular flexibility index (Phi) is 5.96. The largest absolute Gasteiger partial charge is 0.337 e. The maximum Gasteiger partial charge on any atom is 0.337 e. The molecule has 27 heavy (non-hydrogen) atoms. The number of hydrogen-bond donors (Lipinski definition) is 4. The fourth-order valence-electron chi connectivity index (χ4n) is 2.62. The molecule has 6 nitrogen and oxygen atoms in total. The van der Waals surface area contributed by atoms with E-state index in [0.717, 1.165) is 16.3 Å². The van der Waals surface area contributed by atoms with Crippen LogP contribution in [-0.2, 0) is 11.2 Å². The average Bonchev–Trinajstić information content (AvgIpc) is 2.67. The number of amides is 3. The number of rotatable bonds is 3. The smallest absolute Gasteiger partial charge is 0.307 e. The zero-order chi connectivity index (χ0) is 19.1. The van der Waals surface area contributed by atoms with Gasteiger partial charge in [-0.1, -0.05) is 60.7 Å². The van der Waals surface area contributed by atoms with E-state index in [9.17, 15) is 9.59 Å². The van der Waals surface area contributed by atoms with Crippen molar-refractivity contribution in [2.24, 2.45) is 0 Å². The van der Waals surface area contributed by atoms with Crippen LogP contribution in [0.4, 0.5) is 10.5 Å². The minimum atomic E-state index is -0.494. The SMILES string of the molecule is O=C(Cc1cccc2ccccc12)NC(=S)NNC(=O)Nc1ccccc1. The van der Waals surface area contributed by atoms with Crippen LogP contribution in [0.1, 0.15) is 5.56 Å². The van der Waals surface area contributed by atoms with Crippen LogP contribution in [0.25, 0.3) is 10.8 Å². The van der Waals surface area contributed by atoms with Gasteiger partial charge >= 0.3 is 6.03 Å². The van der Waals surface area contributed by atoms with E-state index in [1.807, 2.05) is 48.5 Å². The number of para-hydroxylation sites is 1. The van der Waals surface area contributed by atoms with Gasteiger partial charge in [0.2, 0.25) is 5.91 Å². The number of thiocarbonyl (C=S) groups is 1. The zero-order valence-corrected chi connectivity index (χ0v) is 15.2.